The summed E-state index contributed by atoms with van der Waals surface area (Å²) in [6.45, 7) is 10.1. The van der Waals surface area contributed by atoms with Crippen LogP contribution < -0.4 is 0 Å². The molecule has 25 heavy (non-hydrogen) atoms. The maximum atomic E-state index is 12.9. The van der Waals surface area contributed by atoms with Crippen LogP contribution in [0.15, 0.2) is 24.3 Å². The minimum Gasteiger partial charge on any atom is -0.459 e. The number of aliphatic hydroxyl groups is 1. The Bertz CT molecular complexity index is 536. The van der Waals surface area contributed by atoms with Crippen molar-refractivity contribution in [1.29, 1.82) is 0 Å². The molecule has 0 aromatic heterocycles. The number of thioether (sulfide) groups is 1. The summed E-state index contributed by atoms with van der Waals surface area (Å²) < 4.78 is 5.74. The number of unbranched alkanes of at least 4 members (excludes halogenated alkanes) is 2. The minimum absolute atomic E-state index is 0.139. The minimum atomic E-state index is -0.614. The third-order valence-corrected chi connectivity index (χ3v) is 5.25. The van der Waals surface area contributed by atoms with E-state index in [1.165, 1.54) is 0 Å². The van der Waals surface area contributed by atoms with E-state index in [1.807, 2.05) is 39.8 Å². The van der Waals surface area contributed by atoms with Crippen LogP contribution in [0.3, 0.4) is 0 Å². The largest absolute Gasteiger partial charge is 0.459 e. The molecule has 4 heteroatoms. The Morgan fingerprint density at radius 3 is 2.44 bits per heavy atom. The van der Waals surface area contributed by atoms with E-state index in [-0.39, 0.29) is 12.6 Å². The molecule has 0 bridgehead atoms. The highest BCUT2D eigenvalue weighted by molar-refractivity contribution is 7.99. The number of benzene rings is 1. The number of hydrogen-bond donors (Lipinski definition) is 1. The highest BCUT2D eigenvalue weighted by atomic mass is 32.2. The highest BCUT2D eigenvalue weighted by Gasteiger charge is 2.38. The lowest BCUT2D eigenvalue weighted by atomic mass is 9.77. The first-order chi connectivity index (χ1) is 11.7. The van der Waals surface area contributed by atoms with Crippen molar-refractivity contribution in [3.05, 3.63) is 35.4 Å². The Balaban J connectivity index is 2.77. The van der Waals surface area contributed by atoms with Crippen molar-refractivity contribution in [2.45, 2.75) is 71.3 Å². The van der Waals surface area contributed by atoms with Crippen LogP contribution in [0.1, 0.15) is 64.5 Å². The molecule has 1 rings (SSSR count). The standard InChI is InChI=1S/C21H34O3S/c1-17-10-9-11-18(16-17)21(5,19(23)24-20(2,3)4)12-7-6-8-14-25-15-13-22/h9-11,16,22H,6-8,12-15H2,1-5H3. The van der Waals surface area contributed by atoms with Crippen molar-refractivity contribution in [2.75, 3.05) is 18.1 Å². The van der Waals surface area contributed by atoms with Gasteiger partial charge in [0.1, 0.15) is 5.60 Å². The fraction of sp³-hybridized carbons (Fsp3) is 0.667. The zero-order valence-electron chi connectivity index (χ0n) is 16.4. The molecule has 1 aromatic carbocycles. The smallest absolute Gasteiger partial charge is 0.316 e. The summed E-state index contributed by atoms with van der Waals surface area (Å²) >= 11 is 1.78. The lowest BCUT2D eigenvalue weighted by molar-refractivity contribution is -0.162. The molecule has 1 aromatic rings. The molecule has 1 N–H and O–H groups in total. The molecule has 0 heterocycles. The van der Waals surface area contributed by atoms with Crippen LogP contribution in [0.4, 0.5) is 0 Å². The number of carbonyl (C=O) groups excluding carboxylic acids is 1. The number of hydrogen-bond acceptors (Lipinski definition) is 4. The lowest BCUT2D eigenvalue weighted by Crippen LogP contribution is -2.39. The van der Waals surface area contributed by atoms with Gasteiger partial charge in [-0.1, -0.05) is 42.7 Å². The van der Waals surface area contributed by atoms with Gasteiger partial charge in [-0.25, -0.2) is 0 Å². The predicted molar refractivity (Wildman–Crippen MR) is 107 cm³/mol. The second kappa shape index (κ2) is 10.2. The van der Waals surface area contributed by atoms with Crippen molar-refractivity contribution in [2.24, 2.45) is 0 Å². The molecule has 0 amide bonds. The van der Waals surface area contributed by atoms with E-state index in [0.29, 0.717) is 0 Å². The Kier molecular flexibility index (Phi) is 9.01. The molecule has 0 saturated carbocycles. The summed E-state index contributed by atoms with van der Waals surface area (Å²) in [6, 6.07) is 8.20. The summed E-state index contributed by atoms with van der Waals surface area (Å²) in [5.41, 5.74) is 1.10. The zero-order chi connectivity index (χ0) is 18.9. The molecule has 0 aliphatic rings. The van der Waals surface area contributed by atoms with Crippen molar-refractivity contribution in [3.63, 3.8) is 0 Å². The van der Waals surface area contributed by atoms with Gasteiger partial charge in [0.15, 0.2) is 0 Å². The normalized spacial score (nSPS) is 14.2. The van der Waals surface area contributed by atoms with Crippen LogP contribution in [0.25, 0.3) is 0 Å². The second-order valence-corrected chi connectivity index (χ2v) is 9.07. The third kappa shape index (κ3) is 7.83. The quantitative estimate of drug-likeness (QED) is 0.473. The van der Waals surface area contributed by atoms with Crippen molar-refractivity contribution in [1.82, 2.24) is 0 Å². The first-order valence-corrected chi connectivity index (χ1v) is 10.3. The number of ether oxygens (including phenoxy) is 1. The third-order valence-electron chi connectivity index (χ3n) is 4.21. The zero-order valence-corrected chi connectivity index (χ0v) is 17.2. The molecule has 0 aliphatic carbocycles. The summed E-state index contributed by atoms with van der Waals surface area (Å²) in [7, 11) is 0. The summed E-state index contributed by atoms with van der Waals surface area (Å²) in [4.78, 5) is 12.9. The molecular formula is C21H34O3S. The summed E-state index contributed by atoms with van der Waals surface area (Å²) in [5, 5.41) is 8.81. The van der Waals surface area contributed by atoms with Crippen molar-refractivity contribution in [3.8, 4) is 0 Å². The monoisotopic (exact) mass is 366 g/mol. The van der Waals surface area contributed by atoms with E-state index in [9.17, 15) is 4.79 Å². The molecule has 1 atom stereocenters. The molecule has 0 spiro atoms. The van der Waals surface area contributed by atoms with E-state index in [2.05, 4.69) is 19.1 Å². The SMILES string of the molecule is Cc1cccc(C(C)(CCCCCSCCO)C(=O)OC(C)(C)C)c1. The Hall–Kier alpha value is -1.00. The summed E-state index contributed by atoms with van der Waals surface area (Å²) in [5.74, 6) is 1.73. The molecule has 1 unspecified atom stereocenters. The van der Waals surface area contributed by atoms with Gasteiger partial charge in [0.2, 0.25) is 0 Å². The molecule has 3 nitrogen and oxygen atoms in total. The van der Waals surface area contributed by atoms with Gasteiger partial charge < -0.3 is 9.84 Å². The first-order valence-electron chi connectivity index (χ1n) is 9.18. The van der Waals surface area contributed by atoms with Crippen LogP contribution in [0.5, 0.6) is 0 Å². The van der Waals surface area contributed by atoms with E-state index in [4.69, 9.17) is 9.84 Å². The molecule has 0 fully saturated rings. The Morgan fingerprint density at radius 1 is 1.12 bits per heavy atom. The number of carbonyl (C=O) groups is 1. The van der Waals surface area contributed by atoms with Crippen LogP contribution in [0, 0.1) is 6.92 Å². The molecular weight excluding hydrogens is 332 g/mol. The van der Waals surface area contributed by atoms with Gasteiger partial charge in [0.05, 0.1) is 12.0 Å². The van der Waals surface area contributed by atoms with Gasteiger partial charge >= 0.3 is 5.97 Å². The lowest BCUT2D eigenvalue weighted by Gasteiger charge is -2.32. The first kappa shape index (κ1) is 22.0. The van der Waals surface area contributed by atoms with Gasteiger partial charge in [0, 0.05) is 5.75 Å². The maximum absolute atomic E-state index is 12.9. The predicted octanol–water partition coefficient (Wildman–Crippen LogP) is 4.88. The van der Waals surface area contributed by atoms with Gasteiger partial charge in [-0.2, -0.15) is 11.8 Å². The number of esters is 1. The van der Waals surface area contributed by atoms with Gasteiger partial charge in [0.25, 0.3) is 0 Å². The van der Waals surface area contributed by atoms with E-state index >= 15 is 0 Å². The number of aliphatic hydroxyl groups excluding tert-OH is 1. The molecule has 142 valence electrons. The summed E-state index contributed by atoms with van der Waals surface area (Å²) in [6.07, 6.45) is 3.98. The van der Waals surface area contributed by atoms with Crippen LogP contribution >= 0.6 is 11.8 Å². The van der Waals surface area contributed by atoms with E-state index in [1.54, 1.807) is 11.8 Å². The van der Waals surface area contributed by atoms with E-state index < -0.39 is 11.0 Å². The van der Waals surface area contributed by atoms with Gasteiger partial charge in [-0.05, 0) is 58.8 Å². The number of rotatable bonds is 10. The fourth-order valence-corrected chi connectivity index (χ4v) is 3.51. The maximum Gasteiger partial charge on any atom is 0.316 e. The Morgan fingerprint density at radius 2 is 1.84 bits per heavy atom. The van der Waals surface area contributed by atoms with Crippen LogP contribution in [-0.2, 0) is 14.9 Å². The molecule has 0 radical (unpaired) electrons. The van der Waals surface area contributed by atoms with E-state index in [0.717, 1.165) is 48.3 Å². The highest BCUT2D eigenvalue weighted by Crippen LogP contribution is 2.33. The van der Waals surface area contributed by atoms with Gasteiger partial charge in [-0.15, -0.1) is 0 Å². The van der Waals surface area contributed by atoms with Gasteiger partial charge in [-0.3, -0.25) is 4.79 Å². The Labute approximate surface area is 157 Å². The van der Waals surface area contributed by atoms with Crippen molar-refractivity contribution < 1.29 is 14.6 Å². The fourth-order valence-electron chi connectivity index (χ4n) is 2.77. The number of aryl methyl sites for hydroxylation is 1. The molecule has 0 aliphatic heterocycles. The second-order valence-electron chi connectivity index (χ2n) is 7.85. The molecule has 0 saturated heterocycles. The average molecular weight is 367 g/mol. The average Bonchev–Trinajstić information content (AvgIpc) is 2.52. The van der Waals surface area contributed by atoms with Crippen molar-refractivity contribution >= 4 is 17.7 Å². The van der Waals surface area contributed by atoms with Crippen LogP contribution in [0.2, 0.25) is 0 Å². The van der Waals surface area contributed by atoms with Crippen LogP contribution in [-0.4, -0.2) is 34.8 Å². The topological polar surface area (TPSA) is 46.5 Å².